The van der Waals surface area contributed by atoms with E-state index < -0.39 is 0 Å². The van der Waals surface area contributed by atoms with Crippen molar-refractivity contribution in [2.24, 2.45) is 0 Å². The van der Waals surface area contributed by atoms with E-state index in [1.54, 1.807) is 6.20 Å². The molecule has 2 N–H and O–H groups in total. The fourth-order valence-corrected chi connectivity index (χ4v) is 1.33. The number of aromatic nitrogens is 2. The molecule has 0 bridgehead atoms. The average Bonchev–Trinajstić information content (AvgIpc) is 2.49. The quantitative estimate of drug-likeness (QED) is 0.482. The number of aromatic amines is 1. The normalized spacial score (nSPS) is 10.8. The topological polar surface area (TPSA) is 39.9 Å². The molecule has 3 heteroatoms. The van der Waals surface area contributed by atoms with Crippen molar-refractivity contribution in [2.75, 3.05) is 0 Å². The molecule has 0 saturated heterocycles. The van der Waals surface area contributed by atoms with Gasteiger partial charge in [-0.2, -0.15) is 0 Å². The van der Waals surface area contributed by atoms with Crippen LogP contribution in [-0.2, 0) is 6.42 Å². The van der Waals surface area contributed by atoms with E-state index in [9.17, 15) is 5.21 Å². The van der Waals surface area contributed by atoms with Gasteiger partial charge in [-0.3, -0.25) is 0 Å². The number of nitrogens with zero attached hydrogens (tertiary/aromatic N) is 1. The van der Waals surface area contributed by atoms with Crippen molar-refractivity contribution >= 4 is 11.0 Å². The summed E-state index contributed by atoms with van der Waals surface area (Å²) in [5, 5.41) is 10.4. The van der Waals surface area contributed by atoms with Crippen LogP contribution in [0.15, 0.2) is 24.4 Å². The Morgan fingerprint density at radius 1 is 1.58 bits per heavy atom. The van der Waals surface area contributed by atoms with Crippen molar-refractivity contribution in [3.63, 3.8) is 0 Å². The number of fused-ring (bicyclic) bond motifs is 1. The first-order valence-corrected chi connectivity index (χ1v) is 4.03. The second-order valence-electron chi connectivity index (χ2n) is 2.80. The first-order valence-electron chi connectivity index (χ1n) is 4.03. The number of hydrogen-bond donors (Lipinski definition) is 2. The van der Waals surface area contributed by atoms with Gasteiger partial charge in [0.15, 0.2) is 0 Å². The molecule has 2 rings (SSSR count). The largest absolute Gasteiger partial charge is 0.350 e. The molecule has 0 aliphatic rings. The first-order chi connectivity index (χ1) is 5.81. The monoisotopic (exact) mass is 163 g/mol. The Labute approximate surface area is 70.2 Å². The molecule has 2 heterocycles. The Bertz CT molecular complexity index is 406. The molecule has 0 saturated carbocycles. The van der Waals surface area contributed by atoms with E-state index in [0.717, 1.165) is 27.9 Å². The van der Waals surface area contributed by atoms with Crippen LogP contribution in [0.25, 0.3) is 11.0 Å². The van der Waals surface area contributed by atoms with Crippen LogP contribution in [0.2, 0.25) is 0 Å². The molecular formula is C9H11N2O+. The van der Waals surface area contributed by atoms with E-state index >= 15 is 0 Å². The van der Waals surface area contributed by atoms with Crippen molar-refractivity contribution < 1.29 is 9.94 Å². The van der Waals surface area contributed by atoms with Crippen molar-refractivity contribution in [3.05, 3.63) is 30.1 Å². The zero-order chi connectivity index (χ0) is 8.55. The zero-order valence-electron chi connectivity index (χ0n) is 6.91. The molecule has 0 aromatic carbocycles. The van der Waals surface area contributed by atoms with Gasteiger partial charge in [0.2, 0.25) is 0 Å². The zero-order valence-corrected chi connectivity index (χ0v) is 6.91. The summed E-state index contributed by atoms with van der Waals surface area (Å²) in [6, 6.07) is 5.83. The van der Waals surface area contributed by atoms with Crippen LogP contribution in [0, 0.1) is 0 Å². The van der Waals surface area contributed by atoms with Gasteiger partial charge >= 0.3 is 5.65 Å². The SMILES string of the molecule is CCc1cc2ccc[n+](O)c2[nH]1. The van der Waals surface area contributed by atoms with Gasteiger partial charge in [-0.1, -0.05) is 11.7 Å². The van der Waals surface area contributed by atoms with Gasteiger partial charge in [-0.05, 0) is 18.2 Å². The number of hydrogen-bond acceptors (Lipinski definition) is 1. The summed E-state index contributed by atoms with van der Waals surface area (Å²) in [6.45, 7) is 2.08. The Hall–Kier alpha value is -1.51. The van der Waals surface area contributed by atoms with E-state index in [1.807, 2.05) is 18.2 Å². The van der Waals surface area contributed by atoms with E-state index in [1.165, 1.54) is 0 Å². The lowest BCUT2D eigenvalue weighted by Crippen LogP contribution is -2.30. The van der Waals surface area contributed by atoms with Gasteiger partial charge in [-0.25, -0.2) is 4.98 Å². The minimum atomic E-state index is 0.759. The number of nitrogens with one attached hydrogen (secondary N) is 1. The van der Waals surface area contributed by atoms with Gasteiger partial charge in [-0.15, -0.1) is 0 Å². The molecule has 0 radical (unpaired) electrons. The molecule has 0 aliphatic heterocycles. The van der Waals surface area contributed by atoms with Crippen molar-refractivity contribution in [1.82, 2.24) is 4.98 Å². The fourth-order valence-electron chi connectivity index (χ4n) is 1.33. The van der Waals surface area contributed by atoms with Gasteiger partial charge in [0.25, 0.3) is 0 Å². The third-order valence-corrected chi connectivity index (χ3v) is 2.00. The van der Waals surface area contributed by atoms with Crippen LogP contribution in [-0.4, -0.2) is 10.2 Å². The lowest BCUT2D eigenvalue weighted by atomic mass is 10.3. The number of pyridine rings is 1. The van der Waals surface area contributed by atoms with Gasteiger partial charge in [0.1, 0.15) is 11.9 Å². The minimum absolute atomic E-state index is 0.759. The lowest BCUT2D eigenvalue weighted by Gasteiger charge is -1.86. The Morgan fingerprint density at radius 3 is 3.08 bits per heavy atom. The molecule has 0 spiro atoms. The molecule has 0 fully saturated rings. The van der Waals surface area contributed by atoms with Crippen molar-refractivity contribution in [1.29, 1.82) is 0 Å². The second kappa shape index (κ2) is 2.52. The highest BCUT2D eigenvalue weighted by atomic mass is 16.5. The molecule has 0 amide bonds. The van der Waals surface area contributed by atoms with Crippen LogP contribution in [0.5, 0.6) is 0 Å². The lowest BCUT2D eigenvalue weighted by molar-refractivity contribution is -0.885. The summed E-state index contributed by atoms with van der Waals surface area (Å²) < 4.78 is 1.11. The highest BCUT2D eigenvalue weighted by Crippen LogP contribution is 2.10. The number of aryl methyl sites for hydroxylation is 1. The van der Waals surface area contributed by atoms with E-state index in [4.69, 9.17) is 0 Å². The summed E-state index contributed by atoms with van der Waals surface area (Å²) >= 11 is 0. The maximum atomic E-state index is 9.37. The highest BCUT2D eigenvalue weighted by Gasteiger charge is 2.09. The summed E-state index contributed by atoms with van der Waals surface area (Å²) in [7, 11) is 0. The molecular weight excluding hydrogens is 152 g/mol. The molecule has 3 nitrogen and oxygen atoms in total. The maximum Gasteiger partial charge on any atom is 0.325 e. The molecule has 62 valence electrons. The number of rotatable bonds is 1. The Balaban J connectivity index is 2.74. The van der Waals surface area contributed by atoms with Crippen LogP contribution in [0.3, 0.4) is 0 Å². The fraction of sp³-hybridized carbons (Fsp3) is 0.222. The molecule has 2 aromatic rings. The third-order valence-electron chi connectivity index (χ3n) is 2.00. The third kappa shape index (κ3) is 0.942. The Morgan fingerprint density at radius 2 is 2.42 bits per heavy atom. The second-order valence-corrected chi connectivity index (χ2v) is 2.80. The molecule has 2 aromatic heterocycles. The molecule has 0 atom stereocenters. The number of H-pyrrole nitrogens is 1. The van der Waals surface area contributed by atoms with E-state index in [0.29, 0.717) is 0 Å². The highest BCUT2D eigenvalue weighted by molar-refractivity contribution is 5.73. The maximum absolute atomic E-state index is 9.37. The minimum Gasteiger partial charge on any atom is -0.350 e. The molecule has 12 heavy (non-hydrogen) atoms. The summed E-state index contributed by atoms with van der Waals surface area (Å²) in [4.78, 5) is 3.13. The van der Waals surface area contributed by atoms with Gasteiger partial charge in [0, 0.05) is 6.42 Å². The van der Waals surface area contributed by atoms with Crippen LogP contribution in [0.1, 0.15) is 12.6 Å². The smallest absolute Gasteiger partial charge is 0.325 e. The average molecular weight is 163 g/mol. The van der Waals surface area contributed by atoms with E-state index in [-0.39, 0.29) is 0 Å². The van der Waals surface area contributed by atoms with Gasteiger partial charge < -0.3 is 5.21 Å². The van der Waals surface area contributed by atoms with Crippen LogP contribution < -0.4 is 4.73 Å². The molecule has 0 aliphatic carbocycles. The standard InChI is InChI=1S/C9H10N2O/c1-2-8-6-7-4-3-5-11(12)9(7)10-8/h3-6,12H,2H2,1H3/p+1. The van der Waals surface area contributed by atoms with Crippen molar-refractivity contribution in [3.8, 4) is 0 Å². The van der Waals surface area contributed by atoms with Gasteiger partial charge in [0.05, 0.1) is 5.39 Å². The van der Waals surface area contributed by atoms with Crippen LogP contribution in [0.4, 0.5) is 0 Å². The molecule has 0 unspecified atom stereocenters. The van der Waals surface area contributed by atoms with Crippen molar-refractivity contribution in [2.45, 2.75) is 13.3 Å². The first kappa shape index (κ1) is 7.16. The van der Waals surface area contributed by atoms with Crippen LogP contribution >= 0.6 is 0 Å². The predicted octanol–water partition coefficient (Wildman–Crippen LogP) is 1.26. The van der Waals surface area contributed by atoms with E-state index in [2.05, 4.69) is 11.9 Å². The predicted molar refractivity (Wildman–Crippen MR) is 45.1 cm³/mol. The summed E-state index contributed by atoms with van der Waals surface area (Å²) in [6.07, 6.45) is 2.56. The summed E-state index contributed by atoms with van der Waals surface area (Å²) in [5.41, 5.74) is 1.90. The Kier molecular flexibility index (Phi) is 1.50. The summed E-state index contributed by atoms with van der Waals surface area (Å²) in [5.74, 6) is 0.